The van der Waals surface area contributed by atoms with Crippen molar-refractivity contribution in [3.63, 3.8) is 0 Å². The van der Waals surface area contributed by atoms with E-state index in [9.17, 15) is 8.42 Å². The maximum Gasteiger partial charge on any atom is 0.294 e. The number of benzene rings is 1. The zero-order valence-corrected chi connectivity index (χ0v) is 12.5. The number of halogens is 1. The minimum atomic E-state index is -4.31. The molecule has 3 N–H and O–H groups in total. The van der Waals surface area contributed by atoms with Crippen LogP contribution < -0.4 is 5.73 Å². The van der Waals surface area contributed by atoms with Gasteiger partial charge < -0.3 is 5.73 Å². The average Bonchev–Trinajstić information content (AvgIpc) is 2.65. The van der Waals surface area contributed by atoms with Gasteiger partial charge in [0.1, 0.15) is 5.82 Å². The van der Waals surface area contributed by atoms with E-state index in [-0.39, 0.29) is 9.92 Å². The summed E-state index contributed by atoms with van der Waals surface area (Å²) in [6.07, 6.45) is 0.511. The van der Waals surface area contributed by atoms with Crippen LogP contribution in [0.5, 0.6) is 0 Å². The molecular formula is C12H14ClN3O3S. The molecule has 0 bridgehead atoms. The van der Waals surface area contributed by atoms with Crippen LogP contribution in [0.1, 0.15) is 18.2 Å². The first-order valence-corrected chi connectivity index (χ1v) is 7.68. The first-order valence-electron chi connectivity index (χ1n) is 5.86. The number of anilines is 1. The van der Waals surface area contributed by atoms with Crippen molar-refractivity contribution in [1.29, 1.82) is 0 Å². The molecule has 1 aromatic carbocycles. The number of hydrogen-bond donors (Lipinski definition) is 2. The minimum absolute atomic E-state index is 0.159. The Morgan fingerprint density at radius 1 is 1.40 bits per heavy atom. The lowest BCUT2D eigenvalue weighted by Gasteiger charge is -2.13. The third kappa shape index (κ3) is 2.65. The van der Waals surface area contributed by atoms with Crippen LogP contribution in [0.25, 0.3) is 5.69 Å². The Hall–Kier alpha value is -1.57. The third-order valence-electron chi connectivity index (χ3n) is 2.87. The largest absolute Gasteiger partial charge is 0.384 e. The Balaban J connectivity index is 2.75. The fraction of sp³-hybridized carbons (Fsp3) is 0.250. The summed E-state index contributed by atoms with van der Waals surface area (Å²) in [5.74, 6) is 0.402. The lowest BCUT2D eigenvalue weighted by molar-refractivity contribution is 0.483. The van der Waals surface area contributed by atoms with Crippen molar-refractivity contribution in [1.82, 2.24) is 9.78 Å². The van der Waals surface area contributed by atoms with Crippen molar-refractivity contribution in [2.75, 3.05) is 5.73 Å². The highest BCUT2D eigenvalue weighted by molar-refractivity contribution is 7.85. The van der Waals surface area contributed by atoms with Crippen molar-refractivity contribution in [3.8, 4) is 5.69 Å². The van der Waals surface area contributed by atoms with Crippen LogP contribution in [-0.2, 0) is 16.5 Å². The summed E-state index contributed by atoms with van der Waals surface area (Å²) in [4.78, 5) is -0.245. The summed E-state index contributed by atoms with van der Waals surface area (Å²) in [6.45, 7) is 3.63. The van der Waals surface area contributed by atoms with E-state index in [1.807, 2.05) is 6.92 Å². The van der Waals surface area contributed by atoms with Crippen LogP contribution >= 0.6 is 11.6 Å². The van der Waals surface area contributed by atoms with Crippen LogP contribution in [0.2, 0.25) is 5.02 Å². The summed E-state index contributed by atoms with van der Waals surface area (Å²) >= 11 is 6.14. The standard InChI is InChI=1S/C12H14ClN3O3S/c1-3-8-5-9(20(17,18)19)6-10(13)12(8)16-11(14)4-7(2)15-16/h4-6H,3,14H2,1-2H3,(H,17,18,19). The Morgan fingerprint density at radius 3 is 2.50 bits per heavy atom. The number of nitrogens with zero attached hydrogens (tertiary/aromatic N) is 2. The fourth-order valence-electron chi connectivity index (χ4n) is 1.98. The SMILES string of the molecule is CCc1cc(S(=O)(=O)O)cc(Cl)c1-n1nc(C)cc1N. The Bertz CT molecular complexity index is 768. The summed E-state index contributed by atoms with van der Waals surface area (Å²) in [7, 11) is -4.31. The van der Waals surface area contributed by atoms with E-state index in [2.05, 4.69) is 5.10 Å². The van der Waals surface area contributed by atoms with E-state index in [1.54, 1.807) is 13.0 Å². The monoisotopic (exact) mass is 315 g/mol. The zero-order chi connectivity index (χ0) is 15.1. The van der Waals surface area contributed by atoms with Crippen LogP contribution in [0.15, 0.2) is 23.1 Å². The lowest BCUT2D eigenvalue weighted by Crippen LogP contribution is -2.08. The fourth-order valence-corrected chi connectivity index (χ4v) is 2.92. The Labute approximate surface area is 121 Å². The number of hydrogen-bond acceptors (Lipinski definition) is 4. The van der Waals surface area contributed by atoms with Crippen molar-refractivity contribution in [2.45, 2.75) is 25.2 Å². The molecule has 108 valence electrons. The number of nitrogens with two attached hydrogens (primary N) is 1. The van der Waals surface area contributed by atoms with E-state index in [0.29, 0.717) is 23.5 Å². The topological polar surface area (TPSA) is 98.2 Å². The molecule has 8 heteroatoms. The summed E-state index contributed by atoms with van der Waals surface area (Å²) < 4.78 is 33.0. The quantitative estimate of drug-likeness (QED) is 0.846. The van der Waals surface area contributed by atoms with Crippen LogP contribution in [0.3, 0.4) is 0 Å². The molecule has 1 aromatic heterocycles. The van der Waals surface area contributed by atoms with Gasteiger partial charge in [0.15, 0.2) is 0 Å². The third-order valence-corrected chi connectivity index (χ3v) is 3.99. The van der Waals surface area contributed by atoms with Gasteiger partial charge in [-0.2, -0.15) is 13.5 Å². The predicted molar refractivity (Wildman–Crippen MR) is 76.9 cm³/mol. The van der Waals surface area contributed by atoms with E-state index < -0.39 is 10.1 Å². The predicted octanol–water partition coefficient (Wildman–Crippen LogP) is 2.23. The van der Waals surface area contributed by atoms with Gasteiger partial charge in [0, 0.05) is 6.07 Å². The van der Waals surface area contributed by atoms with Crippen LogP contribution in [0.4, 0.5) is 5.82 Å². The highest BCUT2D eigenvalue weighted by Gasteiger charge is 2.18. The van der Waals surface area contributed by atoms with Crippen LogP contribution in [-0.4, -0.2) is 22.8 Å². The van der Waals surface area contributed by atoms with Gasteiger partial charge in [-0.25, -0.2) is 4.68 Å². The molecule has 20 heavy (non-hydrogen) atoms. The number of rotatable bonds is 3. The lowest BCUT2D eigenvalue weighted by atomic mass is 10.1. The molecule has 2 rings (SSSR count). The molecule has 0 aliphatic rings. The average molecular weight is 316 g/mol. The van der Waals surface area contributed by atoms with E-state index in [1.165, 1.54) is 16.8 Å². The minimum Gasteiger partial charge on any atom is -0.384 e. The molecular weight excluding hydrogens is 302 g/mol. The van der Waals surface area contributed by atoms with Gasteiger partial charge in [0.05, 0.1) is 21.3 Å². The Kier molecular flexibility index (Phi) is 3.77. The maximum absolute atomic E-state index is 11.2. The molecule has 0 radical (unpaired) electrons. The van der Waals surface area contributed by atoms with Crippen molar-refractivity contribution >= 4 is 27.5 Å². The van der Waals surface area contributed by atoms with E-state index >= 15 is 0 Å². The summed E-state index contributed by atoms with van der Waals surface area (Å²) in [5.41, 5.74) is 7.73. The number of nitrogen functional groups attached to an aromatic ring is 1. The summed E-state index contributed by atoms with van der Waals surface area (Å²) in [6, 6.07) is 4.24. The molecule has 0 amide bonds. The second-order valence-corrected chi connectivity index (χ2v) is 6.19. The molecule has 0 aliphatic heterocycles. The highest BCUT2D eigenvalue weighted by atomic mass is 35.5. The molecule has 0 atom stereocenters. The molecule has 6 nitrogen and oxygen atoms in total. The maximum atomic E-state index is 11.2. The smallest absolute Gasteiger partial charge is 0.294 e. The normalized spacial score (nSPS) is 11.8. The molecule has 0 saturated carbocycles. The van der Waals surface area contributed by atoms with Gasteiger partial charge in [-0.05, 0) is 31.0 Å². The molecule has 0 aliphatic carbocycles. The van der Waals surface area contributed by atoms with Crippen molar-refractivity contribution < 1.29 is 13.0 Å². The van der Waals surface area contributed by atoms with Gasteiger partial charge in [0.2, 0.25) is 0 Å². The van der Waals surface area contributed by atoms with Crippen molar-refractivity contribution in [3.05, 3.63) is 34.5 Å². The van der Waals surface area contributed by atoms with Gasteiger partial charge in [-0.1, -0.05) is 18.5 Å². The zero-order valence-electron chi connectivity index (χ0n) is 11.0. The molecule has 0 saturated heterocycles. The first kappa shape index (κ1) is 14.8. The van der Waals surface area contributed by atoms with Crippen LogP contribution in [0, 0.1) is 6.92 Å². The molecule has 2 aromatic rings. The van der Waals surface area contributed by atoms with E-state index in [0.717, 1.165) is 5.69 Å². The first-order chi connectivity index (χ1) is 9.24. The number of aromatic nitrogens is 2. The summed E-state index contributed by atoms with van der Waals surface area (Å²) in [5, 5.41) is 4.40. The molecule has 0 unspecified atom stereocenters. The van der Waals surface area contributed by atoms with E-state index in [4.69, 9.17) is 21.9 Å². The number of aryl methyl sites for hydroxylation is 2. The second kappa shape index (κ2) is 5.08. The van der Waals surface area contributed by atoms with Gasteiger partial charge in [0.25, 0.3) is 10.1 Å². The second-order valence-electron chi connectivity index (χ2n) is 4.36. The van der Waals surface area contributed by atoms with Gasteiger partial charge in [-0.3, -0.25) is 4.55 Å². The van der Waals surface area contributed by atoms with Gasteiger partial charge in [-0.15, -0.1) is 0 Å². The Morgan fingerprint density at radius 2 is 2.05 bits per heavy atom. The van der Waals surface area contributed by atoms with Gasteiger partial charge >= 0.3 is 0 Å². The highest BCUT2D eigenvalue weighted by Crippen LogP contribution is 2.30. The molecule has 0 spiro atoms. The van der Waals surface area contributed by atoms with Crippen molar-refractivity contribution in [2.24, 2.45) is 0 Å². The molecule has 0 fully saturated rings. The molecule has 1 heterocycles.